The summed E-state index contributed by atoms with van der Waals surface area (Å²) in [6, 6.07) is 1.13. The summed E-state index contributed by atoms with van der Waals surface area (Å²) < 4.78 is 12.1. The second-order valence-corrected chi connectivity index (χ2v) is 12.2. The Morgan fingerprint density at radius 1 is 0.750 bits per heavy atom. The van der Waals surface area contributed by atoms with E-state index in [2.05, 4.69) is 34.6 Å². The number of unbranched alkanes of at least 4 members (excludes halogenated alkanes) is 9. The normalized spacial score (nSPS) is 14.1. The molecule has 0 radical (unpaired) electrons. The summed E-state index contributed by atoms with van der Waals surface area (Å²) in [7, 11) is 1.60. The van der Waals surface area contributed by atoms with E-state index in [1.165, 1.54) is 70.6 Å². The summed E-state index contributed by atoms with van der Waals surface area (Å²) in [5.41, 5.74) is 0. The van der Waals surface area contributed by atoms with E-state index >= 15 is 0 Å². The Morgan fingerprint density at radius 3 is 1.54 bits per heavy atom. The highest BCUT2D eigenvalue weighted by atomic mass is 28.4. The molecular weight excluding hydrogens is 312 g/mol. The van der Waals surface area contributed by atoms with Gasteiger partial charge in [-0.2, -0.15) is 0 Å². The van der Waals surface area contributed by atoms with Crippen molar-refractivity contribution in [3.05, 3.63) is 0 Å². The van der Waals surface area contributed by atoms with Gasteiger partial charge in [-0.3, -0.25) is 0 Å². The van der Waals surface area contributed by atoms with Crippen LogP contribution in [0.4, 0.5) is 0 Å². The SMILES string of the molecule is CCCCCCCCCCCC[Si](OC)(OC)C(C)(C)C(C)CC. The average molecular weight is 359 g/mol. The van der Waals surface area contributed by atoms with Crippen LogP contribution in [0, 0.1) is 5.92 Å². The van der Waals surface area contributed by atoms with E-state index < -0.39 is 8.56 Å². The van der Waals surface area contributed by atoms with Gasteiger partial charge in [0, 0.05) is 19.3 Å². The van der Waals surface area contributed by atoms with Crippen LogP contribution in [0.2, 0.25) is 11.1 Å². The van der Waals surface area contributed by atoms with Crippen LogP contribution < -0.4 is 0 Å². The minimum atomic E-state index is -2.15. The summed E-state index contributed by atoms with van der Waals surface area (Å²) in [4.78, 5) is 0. The van der Waals surface area contributed by atoms with Crippen molar-refractivity contribution in [1.82, 2.24) is 0 Å². The van der Waals surface area contributed by atoms with Crippen LogP contribution in [0.3, 0.4) is 0 Å². The predicted molar refractivity (Wildman–Crippen MR) is 110 cm³/mol. The first-order valence-electron chi connectivity index (χ1n) is 10.5. The molecule has 0 amide bonds. The molecule has 0 rings (SSSR count). The van der Waals surface area contributed by atoms with Crippen molar-refractivity contribution in [3.8, 4) is 0 Å². The van der Waals surface area contributed by atoms with Gasteiger partial charge in [-0.05, 0) is 12.0 Å². The Hall–Kier alpha value is 0.137. The first kappa shape index (κ1) is 24.1. The van der Waals surface area contributed by atoms with Crippen molar-refractivity contribution in [3.63, 3.8) is 0 Å². The van der Waals surface area contributed by atoms with Crippen LogP contribution in [-0.2, 0) is 8.85 Å². The number of hydrogen-bond donors (Lipinski definition) is 0. The molecule has 0 N–H and O–H groups in total. The number of hydrogen-bond acceptors (Lipinski definition) is 2. The highest BCUT2D eigenvalue weighted by Gasteiger charge is 2.52. The van der Waals surface area contributed by atoms with Crippen molar-refractivity contribution >= 4 is 8.56 Å². The maximum Gasteiger partial charge on any atom is 0.343 e. The molecule has 0 heterocycles. The Labute approximate surface area is 154 Å². The van der Waals surface area contributed by atoms with Gasteiger partial charge < -0.3 is 8.85 Å². The monoisotopic (exact) mass is 358 g/mol. The fraction of sp³-hybridized carbons (Fsp3) is 1.00. The smallest absolute Gasteiger partial charge is 0.343 e. The summed E-state index contributed by atoms with van der Waals surface area (Å²) in [5, 5.41) is 0.157. The molecule has 1 atom stereocenters. The topological polar surface area (TPSA) is 18.5 Å². The molecular formula is C21H46O2Si. The lowest BCUT2D eigenvalue weighted by atomic mass is 9.94. The van der Waals surface area contributed by atoms with E-state index in [4.69, 9.17) is 8.85 Å². The second-order valence-electron chi connectivity index (χ2n) is 8.12. The number of rotatable bonds is 16. The maximum atomic E-state index is 6.07. The highest BCUT2D eigenvalue weighted by molar-refractivity contribution is 6.70. The lowest BCUT2D eigenvalue weighted by molar-refractivity contribution is 0.185. The largest absolute Gasteiger partial charge is 0.397 e. The first-order chi connectivity index (χ1) is 11.4. The molecule has 146 valence electrons. The van der Waals surface area contributed by atoms with Gasteiger partial charge in [-0.15, -0.1) is 0 Å². The van der Waals surface area contributed by atoms with Crippen LogP contribution >= 0.6 is 0 Å². The van der Waals surface area contributed by atoms with Gasteiger partial charge in [0.1, 0.15) is 0 Å². The molecule has 0 saturated heterocycles. The lowest BCUT2D eigenvalue weighted by Crippen LogP contribution is -2.52. The molecule has 0 spiro atoms. The predicted octanol–water partition coefficient (Wildman–Crippen LogP) is 7.47. The summed E-state index contributed by atoms with van der Waals surface area (Å²) in [6.07, 6.45) is 15.0. The van der Waals surface area contributed by atoms with Crippen molar-refractivity contribution in [2.45, 2.75) is 116 Å². The molecule has 0 bridgehead atoms. The second kappa shape index (κ2) is 13.4. The zero-order valence-corrected chi connectivity index (χ0v) is 18.9. The van der Waals surface area contributed by atoms with Crippen LogP contribution in [0.25, 0.3) is 0 Å². The summed E-state index contributed by atoms with van der Waals surface area (Å²) >= 11 is 0. The van der Waals surface area contributed by atoms with Gasteiger partial charge in [0.05, 0.1) is 0 Å². The van der Waals surface area contributed by atoms with Gasteiger partial charge in [0.25, 0.3) is 0 Å². The fourth-order valence-corrected chi connectivity index (χ4v) is 7.81. The van der Waals surface area contributed by atoms with Crippen LogP contribution in [0.5, 0.6) is 0 Å². The molecule has 0 aliphatic heterocycles. The third kappa shape index (κ3) is 7.57. The standard InChI is InChI=1S/C21H46O2Si/c1-8-10-11-12-13-14-15-16-17-18-19-24(22-6,23-7)21(4,5)20(3)9-2/h20H,8-19H2,1-7H3. The van der Waals surface area contributed by atoms with Gasteiger partial charge in [-0.1, -0.05) is 105 Å². The van der Waals surface area contributed by atoms with Crippen molar-refractivity contribution in [1.29, 1.82) is 0 Å². The molecule has 1 unspecified atom stereocenters. The van der Waals surface area contributed by atoms with Gasteiger partial charge in [0.15, 0.2) is 0 Å². The summed E-state index contributed by atoms with van der Waals surface area (Å²) in [6.45, 7) is 11.6. The van der Waals surface area contributed by atoms with E-state index in [1.807, 2.05) is 14.2 Å². The van der Waals surface area contributed by atoms with E-state index in [-0.39, 0.29) is 5.04 Å². The van der Waals surface area contributed by atoms with Crippen LogP contribution in [0.15, 0.2) is 0 Å². The molecule has 0 saturated carbocycles. The Bertz CT molecular complexity index is 288. The average Bonchev–Trinajstić information content (AvgIpc) is 2.59. The Balaban J connectivity index is 4.10. The zero-order chi connectivity index (χ0) is 18.5. The highest BCUT2D eigenvalue weighted by Crippen LogP contribution is 2.48. The van der Waals surface area contributed by atoms with Crippen LogP contribution in [0.1, 0.15) is 105 Å². The minimum absolute atomic E-state index is 0.157. The maximum absolute atomic E-state index is 6.07. The van der Waals surface area contributed by atoms with Gasteiger partial charge in [-0.25, -0.2) is 0 Å². The van der Waals surface area contributed by atoms with E-state index in [9.17, 15) is 0 Å². The third-order valence-electron chi connectivity index (χ3n) is 6.35. The molecule has 0 aliphatic rings. The quantitative estimate of drug-likeness (QED) is 0.210. The molecule has 2 nitrogen and oxygen atoms in total. The lowest BCUT2D eigenvalue weighted by Gasteiger charge is -2.45. The third-order valence-corrected chi connectivity index (χ3v) is 11.1. The molecule has 0 aromatic rings. The van der Waals surface area contributed by atoms with Crippen LogP contribution in [-0.4, -0.2) is 22.8 Å². The van der Waals surface area contributed by atoms with Gasteiger partial charge >= 0.3 is 8.56 Å². The molecule has 0 aromatic heterocycles. The summed E-state index contributed by atoms with van der Waals surface area (Å²) in [5.74, 6) is 0.632. The van der Waals surface area contributed by atoms with E-state index in [1.54, 1.807) is 0 Å². The zero-order valence-electron chi connectivity index (χ0n) is 17.9. The van der Waals surface area contributed by atoms with E-state index in [0.29, 0.717) is 5.92 Å². The van der Waals surface area contributed by atoms with Crippen molar-refractivity contribution in [2.24, 2.45) is 5.92 Å². The molecule has 24 heavy (non-hydrogen) atoms. The van der Waals surface area contributed by atoms with E-state index in [0.717, 1.165) is 6.04 Å². The molecule has 0 fully saturated rings. The minimum Gasteiger partial charge on any atom is -0.397 e. The first-order valence-corrected chi connectivity index (χ1v) is 12.5. The van der Waals surface area contributed by atoms with Crippen molar-refractivity contribution < 1.29 is 8.85 Å². The van der Waals surface area contributed by atoms with Crippen molar-refractivity contribution in [2.75, 3.05) is 14.2 Å². The van der Waals surface area contributed by atoms with Gasteiger partial charge in [0.2, 0.25) is 0 Å². The molecule has 3 heteroatoms. The fourth-order valence-electron chi connectivity index (χ4n) is 3.87. The molecule has 0 aliphatic carbocycles. The molecule has 0 aromatic carbocycles. The Morgan fingerprint density at radius 2 is 1.17 bits per heavy atom. The Kier molecular flexibility index (Phi) is 13.4.